The van der Waals surface area contributed by atoms with Crippen molar-refractivity contribution in [1.82, 2.24) is 5.32 Å². The van der Waals surface area contributed by atoms with Crippen LogP contribution < -0.4 is 5.32 Å². The third-order valence-corrected chi connectivity index (χ3v) is 3.76. The number of rotatable bonds is 5. The second kappa shape index (κ2) is 6.49. The first kappa shape index (κ1) is 13.0. The second-order valence-electron chi connectivity index (χ2n) is 5.26. The van der Waals surface area contributed by atoms with Gasteiger partial charge in [-0.15, -0.1) is 0 Å². The van der Waals surface area contributed by atoms with Crippen molar-refractivity contribution in [3.63, 3.8) is 0 Å². The van der Waals surface area contributed by atoms with Crippen LogP contribution in [0.3, 0.4) is 0 Å². The van der Waals surface area contributed by atoms with E-state index in [2.05, 4.69) is 26.1 Å². The summed E-state index contributed by atoms with van der Waals surface area (Å²) in [6.07, 6.45) is 5.88. The summed E-state index contributed by atoms with van der Waals surface area (Å²) in [6.45, 7) is 7.56. The third kappa shape index (κ3) is 4.12. The standard InChI is InChI=1S/C13H27NO/c1-4-6-12(15)9-14-13-10(2)7-5-8-11(13)3/h10-15H,4-9H2,1-3H3. The smallest absolute Gasteiger partial charge is 0.0664 e. The molecule has 0 aromatic rings. The summed E-state index contributed by atoms with van der Waals surface area (Å²) in [5, 5.41) is 13.2. The summed E-state index contributed by atoms with van der Waals surface area (Å²) < 4.78 is 0. The maximum atomic E-state index is 9.69. The molecule has 0 aromatic carbocycles. The first-order chi connectivity index (χ1) is 7.15. The Morgan fingerprint density at radius 3 is 2.40 bits per heavy atom. The summed E-state index contributed by atoms with van der Waals surface area (Å²) in [7, 11) is 0. The van der Waals surface area contributed by atoms with Crippen LogP contribution in [-0.4, -0.2) is 23.8 Å². The predicted octanol–water partition coefficient (Wildman–Crippen LogP) is 2.56. The highest BCUT2D eigenvalue weighted by atomic mass is 16.3. The molecule has 0 aliphatic heterocycles. The Bertz CT molecular complexity index is 162. The molecule has 3 unspecified atom stereocenters. The number of hydrogen-bond acceptors (Lipinski definition) is 2. The second-order valence-corrected chi connectivity index (χ2v) is 5.26. The van der Waals surface area contributed by atoms with Crippen LogP contribution in [0, 0.1) is 11.8 Å². The Kier molecular flexibility index (Phi) is 5.62. The fraction of sp³-hybridized carbons (Fsp3) is 1.00. The van der Waals surface area contributed by atoms with Crippen LogP contribution in [0.15, 0.2) is 0 Å². The lowest BCUT2D eigenvalue weighted by Gasteiger charge is -2.35. The Hall–Kier alpha value is -0.0800. The van der Waals surface area contributed by atoms with E-state index in [4.69, 9.17) is 0 Å². The molecule has 0 heterocycles. The van der Waals surface area contributed by atoms with E-state index < -0.39 is 0 Å². The van der Waals surface area contributed by atoms with E-state index in [9.17, 15) is 5.11 Å². The molecule has 1 fully saturated rings. The van der Waals surface area contributed by atoms with Gasteiger partial charge < -0.3 is 10.4 Å². The normalized spacial score (nSPS) is 34.0. The minimum Gasteiger partial charge on any atom is -0.392 e. The zero-order chi connectivity index (χ0) is 11.3. The summed E-state index contributed by atoms with van der Waals surface area (Å²) >= 11 is 0. The molecule has 90 valence electrons. The minimum absolute atomic E-state index is 0.156. The molecule has 1 rings (SSSR count). The molecule has 0 radical (unpaired) electrons. The van der Waals surface area contributed by atoms with Crippen LogP contribution in [0.1, 0.15) is 52.9 Å². The molecule has 0 bridgehead atoms. The highest BCUT2D eigenvalue weighted by Crippen LogP contribution is 2.28. The van der Waals surface area contributed by atoms with E-state index in [-0.39, 0.29) is 6.10 Å². The topological polar surface area (TPSA) is 32.3 Å². The first-order valence-electron chi connectivity index (χ1n) is 6.56. The molecule has 0 amide bonds. The maximum Gasteiger partial charge on any atom is 0.0664 e. The van der Waals surface area contributed by atoms with Gasteiger partial charge >= 0.3 is 0 Å². The molecule has 2 heteroatoms. The Morgan fingerprint density at radius 2 is 1.87 bits per heavy atom. The number of aliphatic hydroxyl groups is 1. The molecular weight excluding hydrogens is 186 g/mol. The molecule has 0 aromatic heterocycles. The Morgan fingerprint density at radius 1 is 1.27 bits per heavy atom. The van der Waals surface area contributed by atoms with Crippen LogP contribution in [0.5, 0.6) is 0 Å². The van der Waals surface area contributed by atoms with Crippen LogP contribution in [-0.2, 0) is 0 Å². The monoisotopic (exact) mass is 213 g/mol. The largest absolute Gasteiger partial charge is 0.392 e. The van der Waals surface area contributed by atoms with Gasteiger partial charge in [-0.25, -0.2) is 0 Å². The van der Waals surface area contributed by atoms with Gasteiger partial charge in [-0.05, 0) is 31.1 Å². The van der Waals surface area contributed by atoms with Crippen molar-refractivity contribution in [2.75, 3.05) is 6.54 Å². The maximum absolute atomic E-state index is 9.69. The van der Waals surface area contributed by atoms with Gasteiger partial charge in [-0.3, -0.25) is 0 Å². The lowest BCUT2D eigenvalue weighted by atomic mass is 9.78. The van der Waals surface area contributed by atoms with Gasteiger partial charge in [-0.2, -0.15) is 0 Å². The average molecular weight is 213 g/mol. The highest BCUT2D eigenvalue weighted by molar-refractivity contribution is 4.83. The van der Waals surface area contributed by atoms with Gasteiger partial charge in [0.15, 0.2) is 0 Å². The molecule has 2 nitrogen and oxygen atoms in total. The molecule has 0 saturated heterocycles. The molecule has 1 aliphatic rings. The fourth-order valence-corrected chi connectivity index (χ4v) is 2.79. The third-order valence-electron chi connectivity index (χ3n) is 3.76. The zero-order valence-corrected chi connectivity index (χ0v) is 10.5. The predicted molar refractivity (Wildman–Crippen MR) is 64.9 cm³/mol. The van der Waals surface area contributed by atoms with Gasteiger partial charge in [0.2, 0.25) is 0 Å². The Labute approximate surface area is 94.5 Å². The number of aliphatic hydroxyl groups excluding tert-OH is 1. The summed E-state index contributed by atoms with van der Waals surface area (Å²) in [5.74, 6) is 1.53. The molecule has 2 N–H and O–H groups in total. The van der Waals surface area contributed by atoms with E-state index in [0.29, 0.717) is 6.04 Å². The van der Waals surface area contributed by atoms with Crippen LogP contribution in [0.25, 0.3) is 0 Å². The van der Waals surface area contributed by atoms with Crippen molar-refractivity contribution in [3.8, 4) is 0 Å². The van der Waals surface area contributed by atoms with Gasteiger partial charge in [0.05, 0.1) is 6.10 Å². The zero-order valence-electron chi connectivity index (χ0n) is 10.5. The Balaban J connectivity index is 2.28. The van der Waals surface area contributed by atoms with Gasteiger partial charge in [0.1, 0.15) is 0 Å². The van der Waals surface area contributed by atoms with E-state index in [1.807, 2.05) is 0 Å². The number of hydrogen-bond donors (Lipinski definition) is 2. The van der Waals surface area contributed by atoms with Crippen LogP contribution in [0.2, 0.25) is 0 Å². The minimum atomic E-state index is -0.156. The van der Waals surface area contributed by atoms with Gasteiger partial charge in [0, 0.05) is 12.6 Å². The van der Waals surface area contributed by atoms with Crippen molar-refractivity contribution < 1.29 is 5.11 Å². The summed E-state index contributed by atoms with van der Waals surface area (Å²) in [6, 6.07) is 0.616. The number of nitrogens with one attached hydrogen (secondary N) is 1. The van der Waals surface area contributed by atoms with Crippen molar-refractivity contribution in [3.05, 3.63) is 0 Å². The van der Waals surface area contributed by atoms with Gasteiger partial charge in [0.25, 0.3) is 0 Å². The lowest BCUT2D eigenvalue weighted by molar-refractivity contribution is 0.133. The lowest BCUT2D eigenvalue weighted by Crippen LogP contribution is -2.45. The highest BCUT2D eigenvalue weighted by Gasteiger charge is 2.27. The SMILES string of the molecule is CCCC(O)CNC1C(C)CCCC1C. The first-order valence-corrected chi connectivity index (χ1v) is 6.56. The molecule has 1 aliphatic carbocycles. The van der Waals surface area contributed by atoms with Crippen molar-refractivity contribution in [2.45, 2.75) is 65.0 Å². The molecule has 3 atom stereocenters. The van der Waals surface area contributed by atoms with E-state index in [0.717, 1.165) is 31.2 Å². The summed E-state index contributed by atoms with van der Waals surface area (Å²) in [4.78, 5) is 0. The van der Waals surface area contributed by atoms with Crippen LogP contribution >= 0.6 is 0 Å². The van der Waals surface area contributed by atoms with Crippen molar-refractivity contribution in [1.29, 1.82) is 0 Å². The molecule has 0 spiro atoms. The summed E-state index contributed by atoms with van der Waals surface area (Å²) in [5.41, 5.74) is 0. The van der Waals surface area contributed by atoms with Crippen LogP contribution in [0.4, 0.5) is 0 Å². The molecule has 15 heavy (non-hydrogen) atoms. The average Bonchev–Trinajstić information content (AvgIpc) is 2.17. The molecular formula is C13H27NO. The van der Waals surface area contributed by atoms with Gasteiger partial charge in [-0.1, -0.05) is 33.6 Å². The van der Waals surface area contributed by atoms with E-state index in [1.165, 1.54) is 19.3 Å². The van der Waals surface area contributed by atoms with E-state index >= 15 is 0 Å². The molecule has 1 saturated carbocycles. The van der Waals surface area contributed by atoms with Crippen molar-refractivity contribution in [2.24, 2.45) is 11.8 Å². The van der Waals surface area contributed by atoms with E-state index in [1.54, 1.807) is 0 Å². The fourth-order valence-electron chi connectivity index (χ4n) is 2.79. The quantitative estimate of drug-likeness (QED) is 0.735. The van der Waals surface area contributed by atoms with Crippen molar-refractivity contribution >= 4 is 0 Å².